The lowest BCUT2D eigenvalue weighted by Gasteiger charge is -2.34. The number of esters is 1. The van der Waals surface area contributed by atoms with Gasteiger partial charge in [0.25, 0.3) is 11.8 Å². The summed E-state index contributed by atoms with van der Waals surface area (Å²) in [6, 6.07) is 4.80. The van der Waals surface area contributed by atoms with E-state index in [4.69, 9.17) is 14.2 Å². The number of benzene rings is 1. The van der Waals surface area contributed by atoms with E-state index in [1.807, 2.05) is 0 Å². The minimum atomic E-state index is -0.687. The Morgan fingerprint density at radius 1 is 1.03 bits per heavy atom. The number of methoxy groups -OCH3 is 2. The van der Waals surface area contributed by atoms with E-state index in [-0.39, 0.29) is 30.7 Å². The Labute approximate surface area is 171 Å². The number of ether oxygens (including phenoxy) is 3. The summed E-state index contributed by atoms with van der Waals surface area (Å²) in [7, 11) is 2.96. The summed E-state index contributed by atoms with van der Waals surface area (Å²) in [5, 5.41) is 5.40. The highest BCUT2D eigenvalue weighted by Gasteiger charge is 2.28. The van der Waals surface area contributed by atoms with Crippen LogP contribution in [0.1, 0.15) is 43.5 Å². The van der Waals surface area contributed by atoms with Crippen LogP contribution >= 0.6 is 0 Å². The molecule has 0 aliphatic heterocycles. The maximum absolute atomic E-state index is 12.2. The molecule has 2 rings (SSSR count). The molecule has 1 aromatic rings. The lowest BCUT2D eigenvalue weighted by Crippen LogP contribution is -2.45. The molecule has 0 radical (unpaired) electrons. The summed E-state index contributed by atoms with van der Waals surface area (Å²) in [5.41, 5.74) is 0.284. The molecule has 29 heavy (non-hydrogen) atoms. The SMILES string of the molecule is COc1cc(OC)cc(C(=O)NCC(=O)OCC(=O)N[C@@H]2CCC[C@@H](C)[C@H]2C)c1. The molecular weight excluding hydrogens is 376 g/mol. The van der Waals surface area contributed by atoms with E-state index in [0.717, 1.165) is 12.8 Å². The molecule has 2 N–H and O–H groups in total. The zero-order chi connectivity index (χ0) is 21.4. The van der Waals surface area contributed by atoms with Crippen LogP contribution in [0, 0.1) is 11.8 Å². The number of carbonyl (C=O) groups is 3. The Kier molecular flexibility index (Phi) is 8.30. The molecule has 2 amide bonds. The molecule has 0 saturated heterocycles. The van der Waals surface area contributed by atoms with Gasteiger partial charge in [-0.1, -0.05) is 26.7 Å². The molecule has 0 heterocycles. The highest BCUT2D eigenvalue weighted by Crippen LogP contribution is 2.29. The Morgan fingerprint density at radius 2 is 1.69 bits per heavy atom. The van der Waals surface area contributed by atoms with Crippen molar-refractivity contribution in [2.45, 2.75) is 39.2 Å². The quantitative estimate of drug-likeness (QED) is 0.640. The zero-order valence-corrected chi connectivity index (χ0v) is 17.4. The molecule has 0 spiro atoms. The average molecular weight is 406 g/mol. The first-order valence-electron chi connectivity index (χ1n) is 9.80. The summed E-state index contributed by atoms with van der Waals surface area (Å²) < 4.78 is 15.2. The summed E-state index contributed by atoms with van der Waals surface area (Å²) in [6.07, 6.45) is 3.18. The van der Waals surface area contributed by atoms with Crippen molar-refractivity contribution in [3.8, 4) is 11.5 Å². The molecule has 1 saturated carbocycles. The van der Waals surface area contributed by atoms with Crippen molar-refractivity contribution in [3.63, 3.8) is 0 Å². The van der Waals surface area contributed by atoms with E-state index in [2.05, 4.69) is 24.5 Å². The van der Waals surface area contributed by atoms with E-state index in [1.54, 1.807) is 6.07 Å². The van der Waals surface area contributed by atoms with Gasteiger partial charge in [0.1, 0.15) is 18.0 Å². The predicted molar refractivity (Wildman–Crippen MR) is 107 cm³/mol. The standard InChI is InChI=1S/C21H30N2O6/c1-13-6-5-7-18(14(13)2)23-19(24)12-29-20(25)11-22-21(26)15-8-16(27-3)10-17(9-15)28-4/h8-10,13-14,18H,5-7,11-12H2,1-4H3,(H,22,26)(H,23,24)/t13-,14-,18-/m1/s1. The first-order valence-corrected chi connectivity index (χ1v) is 9.80. The third-order valence-electron chi connectivity index (χ3n) is 5.42. The van der Waals surface area contributed by atoms with Gasteiger partial charge in [-0.05, 0) is 30.4 Å². The zero-order valence-electron chi connectivity index (χ0n) is 17.4. The van der Waals surface area contributed by atoms with E-state index in [9.17, 15) is 14.4 Å². The van der Waals surface area contributed by atoms with Crippen LogP contribution in [0.2, 0.25) is 0 Å². The van der Waals surface area contributed by atoms with Gasteiger partial charge in [-0.15, -0.1) is 0 Å². The fraction of sp³-hybridized carbons (Fsp3) is 0.571. The first-order chi connectivity index (χ1) is 13.8. The van der Waals surface area contributed by atoms with Crippen LogP contribution in [0.5, 0.6) is 11.5 Å². The van der Waals surface area contributed by atoms with E-state index in [1.165, 1.54) is 32.8 Å². The Bertz CT molecular complexity index is 714. The number of nitrogens with one attached hydrogen (secondary N) is 2. The third kappa shape index (κ3) is 6.66. The van der Waals surface area contributed by atoms with Crippen LogP contribution in [0.3, 0.4) is 0 Å². The van der Waals surface area contributed by atoms with Gasteiger partial charge in [-0.2, -0.15) is 0 Å². The molecule has 8 nitrogen and oxygen atoms in total. The molecule has 8 heteroatoms. The second kappa shape index (κ2) is 10.7. The molecule has 0 aromatic heterocycles. The van der Waals surface area contributed by atoms with Gasteiger partial charge in [-0.25, -0.2) is 0 Å². The van der Waals surface area contributed by atoms with Gasteiger partial charge < -0.3 is 24.8 Å². The lowest BCUT2D eigenvalue weighted by molar-refractivity contribution is -0.147. The smallest absolute Gasteiger partial charge is 0.325 e. The Balaban J connectivity index is 1.76. The molecule has 3 atom stereocenters. The van der Waals surface area contributed by atoms with E-state index >= 15 is 0 Å². The molecule has 1 aliphatic carbocycles. The number of amides is 2. The van der Waals surface area contributed by atoms with Crippen molar-refractivity contribution in [2.24, 2.45) is 11.8 Å². The molecular formula is C21H30N2O6. The number of carbonyl (C=O) groups excluding carboxylic acids is 3. The van der Waals surface area contributed by atoms with Gasteiger partial charge in [0.2, 0.25) is 0 Å². The lowest BCUT2D eigenvalue weighted by atomic mass is 9.78. The van der Waals surface area contributed by atoms with Crippen molar-refractivity contribution >= 4 is 17.8 Å². The van der Waals surface area contributed by atoms with Crippen LogP contribution in [0.4, 0.5) is 0 Å². The summed E-state index contributed by atoms with van der Waals surface area (Å²) in [6.45, 7) is 3.61. The fourth-order valence-electron chi connectivity index (χ4n) is 3.42. The van der Waals surface area contributed by atoms with Gasteiger partial charge in [0.15, 0.2) is 6.61 Å². The maximum atomic E-state index is 12.2. The third-order valence-corrected chi connectivity index (χ3v) is 5.42. The maximum Gasteiger partial charge on any atom is 0.325 e. The van der Waals surface area contributed by atoms with E-state index in [0.29, 0.717) is 23.3 Å². The minimum absolute atomic E-state index is 0.104. The van der Waals surface area contributed by atoms with Gasteiger partial charge >= 0.3 is 5.97 Å². The normalized spacial score (nSPS) is 21.0. The van der Waals surface area contributed by atoms with Crippen LogP contribution < -0.4 is 20.1 Å². The monoisotopic (exact) mass is 406 g/mol. The minimum Gasteiger partial charge on any atom is -0.497 e. The summed E-state index contributed by atoms with van der Waals surface area (Å²) in [5.74, 6) is 0.375. The fourth-order valence-corrected chi connectivity index (χ4v) is 3.42. The first kappa shape index (κ1) is 22.5. The topological polar surface area (TPSA) is 103 Å². The molecule has 0 bridgehead atoms. The average Bonchev–Trinajstić information content (AvgIpc) is 2.73. The number of hydrogen-bond acceptors (Lipinski definition) is 6. The second-order valence-electron chi connectivity index (χ2n) is 7.39. The molecule has 1 aromatic carbocycles. The van der Waals surface area contributed by atoms with Crippen LogP contribution in [0.25, 0.3) is 0 Å². The summed E-state index contributed by atoms with van der Waals surface area (Å²) >= 11 is 0. The molecule has 1 aliphatic rings. The Morgan fingerprint density at radius 3 is 2.31 bits per heavy atom. The molecule has 0 unspecified atom stereocenters. The Hall–Kier alpha value is -2.77. The largest absolute Gasteiger partial charge is 0.497 e. The molecule has 160 valence electrons. The highest BCUT2D eigenvalue weighted by atomic mass is 16.5. The van der Waals surface area contributed by atoms with Crippen molar-refractivity contribution in [1.82, 2.24) is 10.6 Å². The van der Waals surface area contributed by atoms with Crippen molar-refractivity contribution in [2.75, 3.05) is 27.4 Å². The highest BCUT2D eigenvalue weighted by molar-refractivity contribution is 5.96. The van der Waals surface area contributed by atoms with Gasteiger partial charge in [0.05, 0.1) is 14.2 Å². The van der Waals surface area contributed by atoms with Crippen molar-refractivity contribution < 1.29 is 28.6 Å². The van der Waals surface area contributed by atoms with Crippen LogP contribution in [-0.2, 0) is 14.3 Å². The molecule has 1 fully saturated rings. The van der Waals surface area contributed by atoms with E-state index < -0.39 is 11.9 Å². The van der Waals surface area contributed by atoms with Crippen molar-refractivity contribution in [1.29, 1.82) is 0 Å². The predicted octanol–water partition coefficient (Wildman–Crippen LogP) is 1.92. The van der Waals surface area contributed by atoms with Crippen molar-refractivity contribution in [3.05, 3.63) is 23.8 Å². The summed E-state index contributed by atoms with van der Waals surface area (Å²) in [4.78, 5) is 36.2. The van der Waals surface area contributed by atoms with Crippen LogP contribution in [0.15, 0.2) is 18.2 Å². The van der Waals surface area contributed by atoms with Gasteiger partial charge in [0, 0.05) is 17.7 Å². The van der Waals surface area contributed by atoms with Crippen LogP contribution in [-0.4, -0.2) is 51.2 Å². The number of hydrogen-bond donors (Lipinski definition) is 2. The second-order valence-corrected chi connectivity index (χ2v) is 7.39. The van der Waals surface area contributed by atoms with Gasteiger partial charge in [-0.3, -0.25) is 14.4 Å². The number of rotatable bonds is 8.